The maximum absolute atomic E-state index is 9.91. The number of rotatable bonds is 4. The van der Waals surface area contributed by atoms with Gasteiger partial charge in [-0.25, -0.2) is 0 Å². The number of phenolic OH excluding ortho intramolecular Hbond substituents is 1. The minimum Gasteiger partial charge on any atom is -0.508 e. The molecule has 0 amide bonds. The van der Waals surface area contributed by atoms with Crippen molar-refractivity contribution in [3.05, 3.63) is 29.8 Å². The lowest BCUT2D eigenvalue weighted by Crippen LogP contribution is -2.57. The molecular weight excluding hydrogens is 270 g/mol. The van der Waals surface area contributed by atoms with Gasteiger partial charge in [-0.05, 0) is 66.8 Å². The van der Waals surface area contributed by atoms with Gasteiger partial charge in [-0.15, -0.1) is 0 Å². The summed E-state index contributed by atoms with van der Waals surface area (Å²) in [6, 6.07) is 7.69. The fourth-order valence-electron chi connectivity index (χ4n) is 7.00. The van der Waals surface area contributed by atoms with Crippen LogP contribution in [0.3, 0.4) is 0 Å². The van der Waals surface area contributed by atoms with Gasteiger partial charge in [0, 0.05) is 18.7 Å². The Hall–Kier alpha value is -1.02. The third-order valence-electron chi connectivity index (χ3n) is 6.55. The Bertz CT molecular complexity index is 563. The summed E-state index contributed by atoms with van der Waals surface area (Å²) in [6.07, 6.45) is 8.59. The molecule has 22 heavy (non-hydrogen) atoms. The average Bonchev–Trinajstić information content (AvgIpc) is 2.36. The highest BCUT2D eigenvalue weighted by Crippen LogP contribution is 2.69. The Labute approximate surface area is 134 Å². The van der Waals surface area contributed by atoms with Gasteiger partial charge in [-0.2, -0.15) is 0 Å². The van der Waals surface area contributed by atoms with Crippen LogP contribution in [0.15, 0.2) is 24.3 Å². The van der Waals surface area contributed by atoms with Crippen LogP contribution in [0.25, 0.3) is 0 Å². The maximum atomic E-state index is 9.91. The molecule has 2 heteroatoms. The summed E-state index contributed by atoms with van der Waals surface area (Å²) in [6.45, 7) is 6.97. The van der Waals surface area contributed by atoms with Gasteiger partial charge in [0.1, 0.15) is 5.75 Å². The number of hydrogen-bond donors (Lipinski definition) is 2. The van der Waals surface area contributed by atoms with Crippen molar-refractivity contribution in [2.24, 2.45) is 22.2 Å². The number of phenols is 1. The summed E-state index contributed by atoms with van der Waals surface area (Å²) in [5.74, 6) is 1.37. The fourth-order valence-corrected chi connectivity index (χ4v) is 7.00. The van der Waals surface area contributed by atoms with E-state index >= 15 is 0 Å². The van der Waals surface area contributed by atoms with Crippen LogP contribution in [-0.4, -0.2) is 11.7 Å². The molecule has 4 aliphatic carbocycles. The van der Waals surface area contributed by atoms with Crippen LogP contribution in [0, 0.1) is 22.2 Å². The molecule has 4 bridgehead atoms. The van der Waals surface area contributed by atoms with Crippen molar-refractivity contribution in [1.29, 1.82) is 0 Å². The van der Waals surface area contributed by atoms with Crippen LogP contribution in [0.2, 0.25) is 0 Å². The lowest BCUT2D eigenvalue weighted by atomic mass is 9.40. The molecule has 0 unspecified atom stereocenters. The van der Waals surface area contributed by atoms with Crippen molar-refractivity contribution >= 4 is 0 Å². The van der Waals surface area contributed by atoms with Crippen LogP contribution in [0.5, 0.6) is 5.75 Å². The molecule has 0 spiro atoms. The van der Waals surface area contributed by atoms with Crippen molar-refractivity contribution in [1.82, 2.24) is 5.32 Å². The molecule has 0 aliphatic heterocycles. The van der Waals surface area contributed by atoms with Crippen LogP contribution in [-0.2, 0) is 6.54 Å². The summed E-state index contributed by atoms with van der Waals surface area (Å²) < 4.78 is 0. The fraction of sp³-hybridized carbons (Fsp3) is 0.700. The minimum absolute atomic E-state index is 0.416. The second-order valence-corrected chi connectivity index (χ2v) is 9.36. The van der Waals surface area contributed by atoms with E-state index in [0.717, 1.165) is 24.6 Å². The monoisotopic (exact) mass is 299 g/mol. The topological polar surface area (TPSA) is 32.3 Å². The van der Waals surface area contributed by atoms with Crippen LogP contribution < -0.4 is 5.32 Å². The summed E-state index contributed by atoms with van der Waals surface area (Å²) in [5.41, 5.74) is 2.70. The lowest BCUT2D eigenvalue weighted by molar-refractivity contribution is -0.143. The molecule has 4 fully saturated rings. The van der Waals surface area contributed by atoms with Gasteiger partial charge in [-0.1, -0.05) is 32.0 Å². The summed E-state index contributed by atoms with van der Waals surface area (Å²) >= 11 is 0. The molecule has 4 saturated carbocycles. The summed E-state index contributed by atoms with van der Waals surface area (Å²) in [4.78, 5) is 0. The summed E-state index contributed by atoms with van der Waals surface area (Å²) in [7, 11) is 0. The molecule has 1 aromatic carbocycles. The second kappa shape index (κ2) is 4.74. The van der Waals surface area contributed by atoms with E-state index in [2.05, 4.69) is 19.2 Å². The van der Waals surface area contributed by atoms with Gasteiger partial charge < -0.3 is 10.4 Å². The summed E-state index contributed by atoms with van der Waals surface area (Å²) in [5, 5.41) is 13.6. The predicted molar refractivity (Wildman–Crippen MR) is 89.7 cm³/mol. The van der Waals surface area contributed by atoms with E-state index < -0.39 is 0 Å². The first kappa shape index (κ1) is 14.6. The minimum atomic E-state index is 0.416. The van der Waals surface area contributed by atoms with Gasteiger partial charge in [-0.3, -0.25) is 0 Å². The molecule has 120 valence electrons. The predicted octanol–water partition coefficient (Wildman–Crippen LogP) is 4.48. The quantitative estimate of drug-likeness (QED) is 0.859. The number of aromatic hydroxyl groups is 1. The van der Waals surface area contributed by atoms with E-state index in [1.807, 2.05) is 18.2 Å². The van der Waals surface area contributed by atoms with Crippen molar-refractivity contribution in [3.8, 4) is 5.75 Å². The van der Waals surface area contributed by atoms with Crippen LogP contribution in [0.4, 0.5) is 0 Å². The van der Waals surface area contributed by atoms with Gasteiger partial charge in [0.05, 0.1) is 0 Å². The number of nitrogens with one attached hydrogen (secondary N) is 1. The highest BCUT2D eigenvalue weighted by molar-refractivity contribution is 5.31. The normalized spacial score (nSPS) is 42.7. The van der Waals surface area contributed by atoms with E-state index in [1.54, 1.807) is 6.07 Å². The second-order valence-electron chi connectivity index (χ2n) is 9.36. The van der Waals surface area contributed by atoms with Gasteiger partial charge >= 0.3 is 0 Å². The highest BCUT2D eigenvalue weighted by atomic mass is 16.3. The average molecular weight is 299 g/mol. The number of para-hydroxylation sites is 1. The Morgan fingerprint density at radius 3 is 2.36 bits per heavy atom. The lowest BCUT2D eigenvalue weighted by Gasteiger charge is -2.65. The van der Waals surface area contributed by atoms with Crippen molar-refractivity contribution < 1.29 is 5.11 Å². The van der Waals surface area contributed by atoms with Crippen molar-refractivity contribution in [2.45, 2.75) is 58.9 Å². The number of benzene rings is 1. The Balaban J connectivity index is 1.46. The zero-order chi connectivity index (χ0) is 15.4. The smallest absolute Gasteiger partial charge is 0.120 e. The maximum Gasteiger partial charge on any atom is 0.120 e. The van der Waals surface area contributed by atoms with E-state index in [4.69, 9.17) is 0 Å². The molecule has 1 aromatic rings. The Morgan fingerprint density at radius 2 is 1.73 bits per heavy atom. The molecule has 0 heterocycles. The SMILES string of the molecule is C[C@@]12CC3CC(CNCc4ccccc4O)(C1)C[C@@](C)(C3)C2. The van der Waals surface area contributed by atoms with Crippen molar-refractivity contribution in [2.75, 3.05) is 6.54 Å². The molecule has 0 saturated heterocycles. The zero-order valence-electron chi connectivity index (χ0n) is 14.0. The zero-order valence-corrected chi connectivity index (χ0v) is 14.0. The van der Waals surface area contributed by atoms with Gasteiger partial charge in [0.15, 0.2) is 0 Å². The molecule has 2 atom stereocenters. The molecule has 4 aliphatic rings. The number of hydrogen-bond acceptors (Lipinski definition) is 2. The van der Waals surface area contributed by atoms with E-state index in [1.165, 1.54) is 38.5 Å². The van der Waals surface area contributed by atoms with Crippen LogP contribution in [0.1, 0.15) is 57.9 Å². The van der Waals surface area contributed by atoms with Gasteiger partial charge in [0.2, 0.25) is 0 Å². The largest absolute Gasteiger partial charge is 0.508 e. The van der Waals surface area contributed by atoms with Crippen LogP contribution >= 0.6 is 0 Å². The highest BCUT2D eigenvalue weighted by Gasteiger charge is 2.59. The molecular formula is C20H29NO. The van der Waals surface area contributed by atoms with E-state index in [-0.39, 0.29) is 0 Å². The Morgan fingerprint density at radius 1 is 1.05 bits per heavy atom. The molecule has 0 aromatic heterocycles. The molecule has 2 nitrogen and oxygen atoms in total. The first-order valence-corrected chi connectivity index (χ1v) is 8.87. The first-order chi connectivity index (χ1) is 10.4. The van der Waals surface area contributed by atoms with Gasteiger partial charge in [0.25, 0.3) is 0 Å². The Kier molecular flexibility index (Phi) is 3.14. The van der Waals surface area contributed by atoms with Crippen molar-refractivity contribution in [3.63, 3.8) is 0 Å². The third-order valence-corrected chi connectivity index (χ3v) is 6.55. The van der Waals surface area contributed by atoms with E-state index in [0.29, 0.717) is 22.0 Å². The molecule has 2 N–H and O–H groups in total. The standard InChI is InChI=1S/C20H29NO/c1-18-7-15-8-19(2,11-18)13-20(9-15,12-18)14-21-10-16-5-3-4-6-17(16)22/h3-6,15,21-22H,7-14H2,1-2H3/t15?,18-,19-,20?/m0/s1. The molecule has 0 radical (unpaired) electrons. The third kappa shape index (κ3) is 2.46. The van der Waals surface area contributed by atoms with E-state index in [9.17, 15) is 5.11 Å². The molecule has 5 rings (SSSR count). The first-order valence-electron chi connectivity index (χ1n) is 8.87.